The quantitative estimate of drug-likeness (QED) is 0.529. The lowest BCUT2D eigenvalue weighted by atomic mass is 10.0. The zero-order valence-corrected chi connectivity index (χ0v) is 16.3. The molecule has 0 saturated carbocycles. The molecule has 1 aromatic rings. The third-order valence-corrected chi connectivity index (χ3v) is 5.15. The molecule has 0 aliphatic carbocycles. The molecule has 1 aromatic carbocycles. The predicted octanol–water partition coefficient (Wildman–Crippen LogP) is 5.04. The first kappa shape index (κ1) is 20.3. The molecule has 1 rings (SSSR count). The summed E-state index contributed by atoms with van der Waals surface area (Å²) in [5, 5.41) is 3.08. The fourth-order valence-corrected chi connectivity index (χ4v) is 3.77. The SMILES string of the molecule is CCOC(=O)[C@H](C)NP(=O)(Cl)Oc1cc(C)c(Cl)cc1C(C)C. The van der Waals surface area contributed by atoms with Crippen LogP contribution in [0.15, 0.2) is 12.1 Å². The summed E-state index contributed by atoms with van der Waals surface area (Å²) in [5.74, 6) is -0.0700. The van der Waals surface area contributed by atoms with Crippen LogP contribution in [0, 0.1) is 6.92 Å². The van der Waals surface area contributed by atoms with E-state index in [2.05, 4.69) is 5.09 Å². The first-order valence-corrected chi connectivity index (χ1v) is 10.2. The van der Waals surface area contributed by atoms with E-state index in [1.807, 2.05) is 20.8 Å². The fourth-order valence-electron chi connectivity index (χ4n) is 1.90. The van der Waals surface area contributed by atoms with Gasteiger partial charge in [-0.15, -0.1) is 0 Å². The van der Waals surface area contributed by atoms with Gasteiger partial charge in [0.15, 0.2) is 0 Å². The molecule has 0 aromatic heterocycles. The largest absolute Gasteiger partial charge is 0.465 e. The van der Waals surface area contributed by atoms with E-state index in [0.717, 1.165) is 11.1 Å². The Bertz CT molecular complexity index is 622. The lowest BCUT2D eigenvalue weighted by molar-refractivity contribution is -0.144. The van der Waals surface area contributed by atoms with Crippen molar-refractivity contribution in [1.82, 2.24) is 5.09 Å². The van der Waals surface area contributed by atoms with Crippen molar-refractivity contribution in [3.8, 4) is 5.75 Å². The Hall–Kier alpha value is -0.740. The lowest BCUT2D eigenvalue weighted by Crippen LogP contribution is -2.33. The second-order valence-electron chi connectivity index (χ2n) is 5.47. The summed E-state index contributed by atoms with van der Waals surface area (Å²) in [4.78, 5) is 11.6. The van der Waals surface area contributed by atoms with Gasteiger partial charge in [0.25, 0.3) is 0 Å². The second kappa shape index (κ2) is 8.39. The number of nitrogens with one attached hydrogen (secondary N) is 1. The number of carbonyl (C=O) groups excluding carboxylic acids is 1. The van der Waals surface area contributed by atoms with E-state index in [0.29, 0.717) is 10.8 Å². The van der Waals surface area contributed by atoms with Gasteiger partial charge in [-0.1, -0.05) is 25.4 Å². The molecule has 0 spiro atoms. The minimum absolute atomic E-state index is 0.0993. The van der Waals surface area contributed by atoms with E-state index >= 15 is 0 Å². The van der Waals surface area contributed by atoms with Gasteiger partial charge in [-0.3, -0.25) is 4.79 Å². The molecule has 0 aliphatic rings. The van der Waals surface area contributed by atoms with Crippen molar-refractivity contribution in [3.05, 3.63) is 28.3 Å². The van der Waals surface area contributed by atoms with E-state index in [1.165, 1.54) is 6.92 Å². The highest BCUT2D eigenvalue weighted by Crippen LogP contribution is 2.50. The molecule has 2 atom stereocenters. The number of ether oxygens (including phenoxy) is 1. The van der Waals surface area contributed by atoms with Crippen LogP contribution in [-0.4, -0.2) is 18.6 Å². The van der Waals surface area contributed by atoms with Crippen molar-refractivity contribution >= 4 is 35.7 Å². The average molecular weight is 382 g/mol. The Morgan fingerprint density at radius 1 is 1.35 bits per heavy atom. The number of rotatable bonds is 7. The first-order chi connectivity index (χ1) is 10.6. The number of esters is 1. The Labute approximate surface area is 146 Å². The van der Waals surface area contributed by atoms with Crippen molar-refractivity contribution < 1.29 is 18.6 Å². The predicted molar refractivity (Wildman–Crippen MR) is 93.6 cm³/mol. The highest BCUT2D eigenvalue weighted by molar-refractivity contribution is 7.84. The Kier molecular flexibility index (Phi) is 7.40. The van der Waals surface area contributed by atoms with E-state index in [-0.39, 0.29) is 12.5 Å². The van der Waals surface area contributed by atoms with Crippen molar-refractivity contribution in [2.24, 2.45) is 0 Å². The standard InChI is InChI=1S/C15H22Cl2NO4P/c1-6-21-15(19)11(5)18-23(17,20)22-14-7-10(4)13(16)8-12(14)9(2)3/h7-9,11H,6H2,1-5H3,(H,18,20)/t11-,23?/m0/s1. The normalized spacial score (nSPS) is 15.1. The minimum Gasteiger partial charge on any atom is -0.465 e. The van der Waals surface area contributed by atoms with Crippen LogP contribution in [0.3, 0.4) is 0 Å². The van der Waals surface area contributed by atoms with Crippen LogP contribution in [0.2, 0.25) is 5.02 Å². The fraction of sp³-hybridized carbons (Fsp3) is 0.533. The van der Waals surface area contributed by atoms with E-state index in [4.69, 9.17) is 32.1 Å². The molecule has 0 saturated heterocycles. The molecule has 1 unspecified atom stereocenters. The summed E-state index contributed by atoms with van der Waals surface area (Å²) >= 11 is 12.1. The number of hydrogen-bond donors (Lipinski definition) is 1. The lowest BCUT2D eigenvalue weighted by Gasteiger charge is -2.21. The van der Waals surface area contributed by atoms with Crippen molar-refractivity contribution in [2.45, 2.75) is 46.6 Å². The molecule has 5 nitrogen and oxygen atoms in total. The van der Waals surface area contributed by atoms with Gasteiger partial charge in [0.1, 0.15) is 11.8 Å². The molecule has 0 heterocycles. The number of carbonyl (C=O) groups is 1. The maximum absolute atomic E-state index is 12.5. The summed E-state index contributed by atoms with van der Waals surface area (Å²) in [6, 6.07) is 2.60. The van der Waals surface area contributed by atoms with Crippen LogP contribution < -0.4 is 9.61 Å². The van der Waals surface area contributed by atoms with E-state index in [9.17, 15) is 9.36 Å². The number of benzene rings is 1. The first-order valence-electron chi connectivity index (χ1n) is 7.31. The van der Waals surface area contributed by atoms with Crippen molar-refractivity contribution in [2.75, 3.05) is 6.61 Å². The van der Waals surface area contributed by atoms with Gasteiger partial charge in [0, 0.05) is 16.3 Å². The number of halogens is 2. The highest BCUT2D eigenvalue weighted by Gasteiger charge is 2.29. The Morgan fingerprint density at radius 3 is 2.48 bits per heavy atom. The van der Waals surface area contributed by atoms with Crippen LogP contribution in [0.4, 0.5) is 0 Å². The average Bonchev–Trinajstić information content (AvgIpc) is 2.41. The van der Waals surface area contributed by atoms with Gasteiger partial charge < -0.3 is 9.26 Å². The maximum Gasteiger partial charge on any atom is 0.409 e. The summed E-state index contributed by atoms with van der Waals surface area (Å²) in [5.41, 5.74) is 1.56. The van der Waals surface area contributed by atoms with Gasteiger partial charge in [-0.05, 0) is 49.9 Å². The highest BCUT2D eigenvalue weighted by atomic mass is 35.7. The van der Waals surface area contributed by atoms with Crippen molar-refractivity contribution in [3.63, 3.8) is 0 Å². The molecule has 0 radical (unpaired) electrons. The Balaban J connectivity index is 2.99. The molecule has 8 heteroatoms. The van der Waals surface area contributed by atoms with Gasteiger partial charge in [0.2, 0.25) is 0 Å². The zero-order chi connectivity index (χ0) is 17.8. The zero-order valence-electron chi connectivity index (χ0n) is 13.9. The topological polar surface area (TPSA) is 64.6 Å². The summed E-state index contributed by atoms with van der Waals surface area (Å²) < 4.78 is 22.8. The van der Waals surface area contributed by atoms with Crippen LogP contribution in [0.5, 0.6) is 5.75 Å². The third-order valence-electron chi connectivity index (χ3n) is 3.12. The molecular formula is C15H22Cl2NO4P. The molecule has 1 N–H and O–H groups in total. The summed E-state index contributed by atoms with van der Waals surface area (Å²) in [6.07, 6.45) is 0. The van der Waals surface area contributed by atoms with Gasteiger partial charge in [0.05, 0.1) is 6.61 Å². The monoisotopic (exact) mass is 381 g/mol. The molecule has 0 aliphatic heterocycles. The summed E-state index contributed by atoms with van der Waals surface area (Å²) in [7, 11) is 0. The maximum atomic E-state index is 12.5. The number of hydrogen-bond acceptors (Lipinski definition) is 4. The van der Waals surface area contributed by atoms with Crippen LogP contribution in [-0.2, 0) is 14.1 Å². The third kappa shape index (κ3) is 6.00. The van der Waals surface area contributed by atoms with E-state index < -0.39 is 18.9 Å². The molecule has 0 fully saturated rings. The van der Waals surface area contributed by atoms with Crippen LogP contribution in [0.25, 0.3) is 0 Å². The van der Waals surface area contributed by atoms with Gasteiger partial charge in [-0.25, -0.2) is 9.65 Å². The number of aryl methyl sites for hydroxylation is 1. The second-order valence-corrected chi connectivity index (χ2v) is 8.61. The van der Waals surface area contributed by atoms with Gasteiger partial charge in [-0.2, -0.15) is 0 Å². The molecule has 23 heavy (non-hydrogen) atoms. The Morgan fingerprint density at radius 2 is 1.96 bits per heavy atom. The minimum atomic E-state index is -3.77. The van der Waals surface area contributed by atoms with Gasteiger partial charge >= 0.3 is 12.8 Å². The van der Waals surface area contributed by atoms with Crippen LogP contribution >= 0.6 is 29.7 Å². The van der Waals surface area contributed by atoms with Crippen molar-refractivity contribution in [1.29, 1.82) is 0 Å². The summed E-state index contributed by atoms with van der Waals surface area (Å²) in [6.45, 7) is 5.38. The smallest absolute Gasteiger partial charge is 0.409 e. The van der Waals surface area contributed by atoms with Crippen LogP contribution in [0.1, 0.15) is 44.7 Å². The van der Waals surface area contributed by atoms with E-state index in [1.54, 1.807) is 19.1 Å². The molecule has 0 bridgehead atoms. The molecular weight excluding hydrogens is 360 g/mol. The molecule has 130 valence electrons. The molecule has 0 amide bonds.